The minimum absolute atomic E-state index is 0.172. The second-order valence-electron chi connectivity index (χ2n) is 6.87. The molecular weight excluding hydrogens is 442 g/mol. The number of para-hydroxylation sites is 1. The van der Waals surface area contributed by atoms with Crippen molar-refractivity contribution in [1.29, 1.82) is 0 Å². The number of nitrogens with zero attached hydrogens (tertiary/aromatic N) is 1. The third-order valence-corrected chi connectivity index (χ3v) is 4.59. The molecule has 0 spiro atoms. The summed E-state index contributed by atoms with van der Waals surface area (Å²) in [7, 11) is 0. The lowest BCUT2D eigenvalue weighted by Crippen LogP contribution is -2.32. The fourth-order valence-electron chi connectivity index (χ4n) is 3.35. The van der Waals surface area contributed by atoms with Crippen LogP contribution in [0.5, 0.6) is 5.75 Å². The Hall–Kier alpha value is -3.37. The van der Waals surface area contributed by atoms with Crippen molar-refractivity contribution in [3.05, 3.63) is 70.9 Å². The van der Waals surface area contributed by atoms with E-state index in [1.165, 1.54) is 35.2 Å². The number of halogens is 6. The van der Waals surface area contributed by atoms with Crippen LogP contribution in [-0.2, 0) is 15.7 Å². The van der Waals surface area contributed by atoms with Crippen LogP contribution in [0.15, 0.2) is 54.2 Å². The van der Waals surface area contributed by atoms with Crippen molar-refractivity contribution >= 4 is 11.7 Å². The highest BCUT2D eigenvalue weighted by Gasteiger charge is 2.40. The standard InChI is InChI=1S/C21H18F6N2O3/c1-2-11-29-16(18(28)30)17(14-5-3-4-6-15(14)32-21(25,26)27)31-19(29)12-7-9-13(10-8-12)20(22,23)24/h3-10,19H,2,11H2,1H3,(H2,28,30). The molecule has 0 radical (unpaired) electrons. The number of alkyl halides is 6. The van der Waals surface area contributed by atoms with E-state index in [2.05, 4.69) is 4.74 Å². The van der Waals surface area contributed by atoms with E-state index in [0.29, 0.717) is 6.42 Å². The van der Waals surface area contributed by atoms with Crippen LogP contribution < -0.4 is 10.5 Å². The van der Waals surface area contributed by atoms with Gasteiger partial charge in [-0.3, -0.25) is 4.79 Å². The number of hydrogen-bond donors (Lipinski definition) is 1. The maximum atomic E-state index is 12.9. The largest absolute Gasteiger partial charge is 0.573 e. The number of hydrogen-bond acceptors (Lipinski definition) is 4. The van der Waals surface area contributed by atoms with Crippen molar-refractivity contribution in [2.45, 2.75) is 32.1 Å². The Morgan fingerprint density at radius 2 is 1.69 bits per heavy atom. The van der Waals surface area contributed by atoms with Gasteiger partial charge in [-0.15, -0.1) is 13.2 Å². The van der Waals surface area contributed by atoms with Crippen LogP contribution in [-0.4, -0.2) is 23.7 Å². The van der Waals surface area contributed by atoms with E-state index in [1.54, 1.807) is 6.92 Å². The molecule has 0 saturated heterocycles. The third kappa shape index (κ3) is 4.92. The molecule has 1 aliphatic rings. The summed E-state index contributed by atoms with van der Waals surface area (Å²) in [4.78, 5) is 13.7. The zero-order valence-electron chi connectivity index (χ0n) is 16.6. The van der Waals surface area contributed by atoms with Crippen molar-refractivity contribution in [2.24, 2.45) is 5.73 Å². The van der Waals surface area contributed by atoms with Crippen molar-refractivity contribution in [3.63, 3.8) is 0 Å². The smallest absolute Gasteiger partial charge is 0.463 e. The van der Waals surface area contributed by atoms with Crippen LogP contribution in [0.1, 0.15) is 36.3 Å². The molecule has 0 aliphatic carbocycles. The first kappa shape index (κ1) is 23.3. The van der Waals surface area contributed by atoms with Gasteiger partial charge in [0.25, 0.3) is 5.91 Å². The Labute approximate surface area is 179 Å². The van der Waals surface area contributed by atoms with Crippen LogP contribution in [0.3, 0.4) is 0 Å². The fourth-order valence-corrected chi connectivity index (χ4v) is 3.35. The number of carbonyl (C=O) groups is 1. The van der Waals surface area contributed by atoms with Crippen molar-refractivity contribution in [2.75, 3.05) is 6.54 Å². The van der Waals surface area contributed by atoms with Crippen LogP contribution in [0.25, 0.3) is 5.76 Å². The SMILES string of the molecule is CCCN1C(C(N)=O)=C(c2ccccc2OC(F)(F)F)OC1c1ccc(C(F)(F)F)cc1. The van der Waals surface area contributed by atoms with E-state index in [9.17, 15) is 31.1 Å². The summed E-state index contributed by atoms with van der Waals surface area (Å²) >= 11 is 0. The topological polar surface area (TPSA) is 64.8 Å². The Morgan fingerprint density at radius 1 is 1.06 bits per heavy atom. The van der Waals surface area contributed by atoms with Crippen LogP contribution in [0, 0.1) is 0 Å². The van der Waals surface area contributed by atoms with Crippen LogP contribution in [0.4, 0.5) is 26.3 Å². The first-order chi connectivity index (χ1) is 14.9. The maximum absolute atomic E-state index is 12.9. The average molecular weight is 460 g/mol. The summed E-state index contributed by atoms with van der Waals surface area (Å²) < 4.78 is 87.2. The number of benzene rings is 2. The number of nitrogens with two attached hydrogens (primary N) is 1. The fraction of sp³-hybridized carbons (Fsp3) is 0.286. The lowest BCUT2D eigenvalue weighted by Gasteiger charge is -2.26. The highest BCUT2D eigenvalue weighted by Crippen LogP contribution is 2.44. The van der Waals surface area contributed by atoms with Gasteiger partial charge in [-0.2, -0.15) is 13.2 Å². The summed E-state index contributed by atoms with van der Waals surface area (Å²) in [6.45, 7) is 1.98. The van der Waals surface area contributed by atoms with E-state index in [-0.39, 0.29) is 29.1 Å². The van der Waals surface area contributed by atoms with Gasteiger partial charge < -0.3 is 20.1 Å². The number of primary amides is 1. The molecule has 32 heavy (non-hydrogen) atoms. The molecule has 1 atom stereocenters. The molecule has 1 unspecified atom stereocenters. The summed E-state index contributed by atoms with van der Waals surface area (Å²) in [6, 6.07) is 9.10. The van der Waals surface area contributed by atoms with Gasteiger partial charge in [-0.05, 0) is 30.7 Å². The minimum atomic E-state index is -5.00. The molecule has 3 rings (SSSR count). The zero-order valence-corrected chi connectivity index (χ0v) is 16.6. The van der Waals surface area contributed by atoms with Gasteiger partial charge in [0.15, 0.2) is 12.0 Å². The molecule has 1 heterocycles. The second-order valence-corrected chi connectivity index (χ2v) is 6.87. The molecule has 2 aromatic carbocycles. The third-order valence-electron chi connectivity index (χ3n) is 4.59. The number of rotatable bonds is 6. The molecule has 0 bridgehead atoms. The van der Waals surface area contributed by atoms with E-state index in [0.717, 1.165) is 18.2 Å². The Kier molecular flexibility index (Phi) is 6.29. The van der Waals surface area contributed by atoms with E-state index in [4.69, 9.17) is 10.5 Å². The van der Waals surface area contributed by atoms with Gasteiger partial charge in [0.1, 0.15) is 11.4 Å². The quantitative estimate of drug-likeness (QED) is 0.602. The maximum Gasteiger partial charge on any atom is 0.573 e. The first-order valence-electron chi connectivity index (χ1n) is 9.42. The van der Waals surface area contributed by atoms with Gasteiger partial charge >= 0.3 is 12.5 Å². The van der Waals surface area contributed by atoms with Crippen molar-refractivity contribution in [1.82, 2.24) is 4.90 Å². The second kappa shape index (κ2) is 8.64. The van der Waals surface area contributed by atoms with E-state index < -0.39 is 36.0 Å². The first-order valence-corrected chi connectivity index (χ1v) is 9.42. The number of carbonyl (C=O) groups excluding carboxylic acids is 1. The summed E-state index contributed by atoms with van der Waals surface area (Å²) in [6.07, 6.45) is -10.1. The predicted octanol–water partition coefficient (Wildman–Crippen LogP) is 5.20. The highest BCUT2D eigenvalue weighted by atomic mass is 19.4. The normalized spacial score (nSPS) is 16.8. The number of amides is 1. The molecule has 172 valence electrons. The van der Waals surface area contributed by atoms with Gasteiger partial charge in [0.2, 0.25) is 0 Å². The summed E-state index contributed by atoms with van der Waals surface area (Å²) in [5, 5.41) is 0. The average Bonchev–Trinajstić information content (AvgIpc) is 3.06. The van der Waals surface area contributed by atoms with Gasteiger partial charge in [0, 0.05) is 12.1 Å². The van der Waals surface area contributed by atoms with Gasteiger partial charge in [-0.1, -0.05) is 31.2 Å². The Bertz CT molecular complexity index is 1020. The highest BCUT2D eigenvalue weighted by molar-refractivity contribution is 5.99. The summed E-state index contributed by atoms with van der Waals surface area (Å²) in [5.74, 6) is -1.83. The molecule has 2 N–H and O–H groups in total. The Morgan fingerprint density at radius 3 is 2.22 bits per heavy atom. The minimum Gasteiger partial charge on any atom is -0.463 e. The van der Waals surface area contributed by atoms with Crippen LogP contribution >= 0.6 is 0 Å². The molecule has 1 aliphatic heterocycles. The van der Waals surface area contributed by atoms with E-state index >= 15 is 0 Å². The number of ether oxygens (including phenoxy) is 2. The van der Waals surface area contributed by atoms with Gasteiger partial charge in [-0.25, -0.2) is 0 Å². The van der Waals surface area contributed by atoms with Gasteiger partial charge in [0.05, 0.1) is 11.1 Å². The summed E-state index contributed by atoms with van der Waals surface area (Å²) in [5.41, 5.74) is 4.52. The lowest BCUT2D eigenvalue weighted by atomic mass is 10.1. The van der Waals surface area contributed by atoms with Crippen molar-refractivity contribution < 1.29 is 40.6 Å². The molecule has 2 aromatic rings. The van der Waals surface area contributed by atoms with Crippen LogP contribution in [0.2, 0.25) is 0 Å². The molecular formula is C21H18F6N2O3. The predicted molar refractivity (Wildman–Crippen MR) is 102 cm³/mol. The monoisotopic (exact) mass is 460 g/mol. The molecule has 1 amide bonds. The molecule has 0 saturated carbocycles. The molecule has 5 nitrogen and oxygen atoms in total. The molecule has 0 aromatic heterocycles. The van der Waals surface area contributed by atoms with E-state index in [1.807, 2.05) is 0 Å². The molecule has 0 fully saturated rings. The van der Waals surface area contributed by atoms with Crippen molar-refractivity contribution in [3.8, 4) is 5.75 Å². The lowest BCUT2D eigenvalue weighted by molar-refractivity contribution is -0.274. The zero-order chi connectivity index (χ0) is 23.7. The Balaban J connectivity index is 2.08. The molecule has 11 heteroatoms.